The van der Waals surface area contributed by atoms with Gasteiger partial charge in [-0.2, -0.15) is 5.10 Å². The van der Waals surface area contributed by atoms with Gasteiger partial charge in [-0.1, -0.05) is 54.6 Å². The van der Waals surface area contributed by atoms with Crippen molar-refractivity contribution in [2.45, 2.75) is 12.5 Å². The quantitative estimate of drug-likeness (QED) is 0.523. The molecule has 1 unspecified atom stereocenters. The molecule has 1 atom stereocenters. The van der Waals surface area contributed by atoms with Crippen molar-refractivity contribution in [2.75, 3.05) is 5.01 Å². The zero-order valence-electron chi connectivity index (χ0n) is 14.7. The molecule has 5 rings (SSSR count). The van der Waals surface area contributed by atoms with Crippen molar-refractivity contribution in [3.05, 3.63) is 102 Å². The number of hydrazone groups is 1. The minimum absolute atomic E-state index is 0.133. The summed E-state index contributed by atoms with van der Waals surface area (Å²) in [4.78, 5) is 8.85. The molecular weight excluding hydrogens is 332 g/mol. The van der Waals surface area contributed by atoms with Crippen LogP contribution in [0.15, 0.2) is 96.4 Å². The third-order valence-corrected chi connectivity index (χ3v) is 4.92. The maximum Gasteiger partial charge on any atom is 0.0890 e. The summed E-state index contributed by atoms with van der Waals surface area (Å²) < 4.78 is 0. The SMILES string of the molecule is c1ccc(C2=NN(c3ccccc3)C(c3ccc4nccnc4c3)C2)cc1. The highest BCUT2D eigenvalue weighted by molar-refractivity contribution is 6.03. The molecule has 4 aromatic rings. The number of anilines is 1. The molecule has 2 heterocycles. The first kappa shape index (κ1) is 15.7. The van der Waals surface area contributed by atoms with Gasteiger partial charge in [0.15, 0.2) is 0 Å². The van der Waals surface area contributed by atoms with Crippen molar-refractivity contribution >= 4 is 22.4 Å². The van der Waals surface area contributed by atoms with Crippen LogP contribution in [0.4, 0.5) is 5.69 Å². The van der Waals surface area contributed by atoms with Gasteiger partial charge in [0.2, 0.25) is 0 Å². The number of hydrogen-bond donors (Lipinski definition) is 0. The number of fused-ring (bicyclic) bond motifs is 1. The van der Waals surface area contributed by atoms with E-state index in [9.17, 15) is 0 Å². The number of benzene rings is 3. The lowest BCUT2D eigenvalue weighted by Crippen LogP contribution is -2.18. The van der Waals surface area contributed by atoms with Crippen LogP contribution >= 0.6 is 0 Å². The van der Waals surface area contributed by atoms with E-state index in [1.165, 1.54) is 11.1 Å². The highest BCUT2D eigenvalue weighted by Gasteiger charge is 2.30. The molecule has 0 saturated carbocycles. The molecule has 4 heteroatoms. The Hall–Kier alpha value is -3.53. The number of rotatable bonds is 3. The van der Waals surface area contributed by atoms with E-state index in [-0.39, 0.29) is 6.04 Å². The van der Waals surface area contributed by atoms with E-state index in [0.717, 1.165) is 28.9 Å². The van der Waals surface area contributed by atoms with Gasteiger partial charge in [0.25, 0.3) is 0 Å². The molecule has 0 amide bonds. The lowest BCUT2D eigenvalue weighted by atomic mass is 9.98. The number of hydrogen-bond acceptors (Lipinski definition) is 4. The first-order chi connectivity index (χ1) is 13.4. The lowest BCUT2D eigenvalue weighted by molar-refractivity contribution is 0.709. The van der Waals surface area contributed by atoms with E-state index in [1.54, 1.807) is 12.4 Å². The van der Waals surface area contributed by atoms with Crippen LogP contribution in [0.5, 0.6) is 0 Å². The fraction of sp³-hybridized carbons (Fsp3) is 0.0870. The maximum atomic E-state index is 4.98. The Morgan fingerprint density at radius 2 is 1.44 bits per heavy atom. The van der Waals surface area contributed by atoms with Gasteiger partial charge < -0.3 is 0 Å². The Balaban J connectivity index is 1.59. The monoisotopic (exact) mass is 350 g/mol. The normalized spacial score (nSPS) is 16.5. The van der Waals surface area contributed by atoms with Gasteiger partial charge in [-0.15, -0.1) is 0 Å². The van der Waals surface area contributed by atoms with Gasteiger partial charge in [0.1, 0.15) is 0 Å². The summed E-state index contributed by atoms with van der Waals surface area (Å²) >= 11 is 0. The molecule has 0 spiro atoms. The molecule has 0 bridgehead atoms. The standard InChI is InChI=1S/C23H18N4/c1-3-7-17(8-4-1)21-16-23(27(26-21)19-9-5-2-6-10-19)18-11-12-20-22(15-18)25-14-13-24-20/h1-15,23H,16H2. The number of aromatic nitrogens is 2. The Morgan fingerprint density at radius 3 is 2.22 bits per heavy atom. The summed E-state index contributed by atoms with van der Waals surface area (Å²) in [7, 11) is 0. The average Bonchev–Trinajstić information content (AvgIpc) is 3.20. The first-order valence-electron chi connectivity index (χ1n) is 9.06. The molecule has 1 aliphatic rings. The Bertz CT molecular complexity index is 1110. The highest BCUT2D eigenvalue weighted by Crippen LogP contribution is 2.37. The number of nitrogens with zero attached hydrogens (tertiary/aromatic N) is 4. The van der Waals surface area contributed by atoms with Crippen LogP contribution in [0, 0.1) is 0 Å². The summed E-state index contributed by atoms with van der Waals surface area (Å²) in [5.74, 6) is 0. The van der Waals surface area contributed by atoms with Crippen LogP contribution in [0.25, 0.3) is 11.0 Å². The fourth-order valence-electron chi connectivity index (χ4n) is 3.58. The van der Waals surface area contributed by atoms with E-state index >= 15 is 0 Å². The van der Waals surface area contributed by atoms with Crippen molar-refractivity contribution in [3.8, 4) is 0 Å². The van der Waals surface area contributed by atoms with E-state index in [1.807, 2.05) is 30.3 Å². The van der Waals surface area contributed by atoms with Gasteiger partial charge in [0.05, 0.1) is 28.5 Å². The summed E-state index contributed by atoms with van der Waals surface area (Å²) in [6, 6.07) is 27.2. The Labute approximate surface area is 157 Å². The van der Waals surface area contributed by atoms with Gasteiger partial charge in [-0.25, -0.2) is 0 Å². The van der Waals surface area contributed by atoms with Crippen molar-refractivity contribution < 1.29 is 0 Å². The second kappa shape index (κ2) is 6.65. The smallest absolute Gasteiger partial charge is 0.0890 e. The van der Waals surface area contributed by atoms with Gasteiger partial charge in [-0.3, -0.25) is 15.0 Å². The highest BCUT2D eigenvalue weighted by atomic mass is 15.5. The molecule has 0 saturated heterocycles. The van der Waals surface area contributed by atoms with Crippen molar-refractivity contribution in [1.82, 2.24) is 9.97 Å². The van der Waals surface area contributed by atoms with Crippen LogP contribution in [-0.2, 0) is 0 Å². The van der Waals surface area contributed by atoms with Crippen molar-refractivity contribution in [3.63, 3.8) is 0 Å². The van der Waals surface area contributed by atoms with Crippen LogP contribution in [0.2, 0.25) is 0 Å². The van der Waals surface area contributed by atoms with Gasteiger partial charge in [0, 0.05) is 18.8 Å². The van der Waals surface area contributed by atoms with Crippen LogP contribution in [-0.4, -0.2) is 15.7 Å². The molecule has 27 heavy (non-hydrogen) atoms. The van der Waals surface area contributed by atoms with E-state index in [4.69, 9.17) is 5.10 Å². The largest absolute Gasteiger partial charge is 0.257 e. The summed E-state index contributed by atoms with van der Waals surface area (Å²) in [6.07, 6.45) is 4.32. The zero-order chi connectivity index (χ0) is 18.1. The van der Waals surface area contributed by atoms with E-state index in [2.05, 4.69) is 63.5 Å². The molecule has 0 N–H and O–H groups in total. The topological polar surface area (TPSA) is 41.4 Å². The second-order valence-corrected chi connectivity index (χ2v) is 6.62. The maximum absolute atomic E-state index is 4.98. The third-order valence-electron chi connectivity index (χ3n) is 4.92. The first-order valence-corrected chi connectivity index (χ1v) is 9.06. The molecular formula is C23H18N4. The lowest BCUT2D eigenvalue weighted by Gasteiger charge is -2.24. The fourth-order valence-corrected chi connectivity index (χ4v) is 3.58. The van der Waals surface area contributed by atoms with Crippen molar-refractivity contribution in [1.29, 1.82) is 0 Å². The van der Waals surface area contributed by atoms with E-state index in [0.29, 0.717) is 0 Å². The van der Waals surface area contributed by atoms with Gasteiger partial charge >= 0.3 is 0 Å². The Morgan fingerprint density at radius 1 is 0.741 bits per heavy atom. The molecule has 1 aliphatic heterocycles. The third kappa shape index (κ3) is 2.95. The van der Waals surface area contributed by atoms with E-state index < -0.39 is 0 Å². The Kier molecular flexibility index (Phi) is 3.87. The molecule has 1 aromatic heterocycles. The summed E-state index contributed by atoms with van der Waals surface area (Å²) in [6.45, 7) is 0. The predicted octanol–water partition coefficient (Wildman–Crippen LogP) is 4.99. The minimum Gasteiger partial charge on any atom is -0.257 e. The average molecular weight is 350 g/mol. The second-order valence-electron chi connectivity index (χ2n) is 6.62. The summed E-state index contributed by atoms with van der Waals surface area (Å²) in [5, 5.41) is 7.11. The number of para-hydroxylation sites is 1. The van der Waals surface area contributed by atoms with Crippen LogP contribution < -0.4 is 5.01 Å². The van der Waals surface area contributed by atoms with Crippen molar-refractivity contribution in [2.24, 2.45) is 5.10 Å². The van der Waals surface area contributed by atoms with Gasteiger partial charge in [-0.05, 0) is 35.4 Å². The predicted molar refractivity (Wildman–Crippen MR) is 109 cm³/mol. The molecule has 4 nitrogen and oxygen atoms in total. The van der Waals surface area contributed by atoms with Crippen LogP contribution in [0.3, 0.4) is 0 Å². The molecule has 130 valence electrons. The molecule has 0 fully saturated rings. The summed E-state index contributed by atoms with van der Waals surface area (Å²) in [5.41, 5.74) is 6.38. The zero-order valence-corrected chi connectivity index (χ0v) is 14.7. The minimum atomic E-state index is 0.133. The molecule has 3 aromatic carbocycles. The van der Waals surface area contributed by atoms with Crippen LogP contribution in [0.1, 0.15) is 23.6 Å². The molecule has 0 radical (unpaired) electrons. The molecule has 0 aliphatic carbocycles.